The summed E-state index contributed by atoms with van der Waals surface area (Å²) >= 11 is 0. The van der Waals surface area contributed by atoms with Crippen LogP contribution in [0.1, 0.15) is 28.7 Å². The second kappa shape index (κ2) is 6.43. The van der Waals surface area contributed by atoms with Gasteiger partial charge >= 0.3 is 0 Å². The Morgan fingerprint density at radius 1 is 1.23 bits per heavy atom. The van der Waals surface area contributed by atoms with E-state index in [0.717, 1.165) is 0 Å². The van der Waals surface area contributed by atoms with Gasteiger partial charge < -0.3 is 10.1 Å². The first kappa shape index (κ1) is 15.8. The number of nitrogens with zero attached hydrogens (tertiary/aromatic N) is 2. The van der Waals surface area contributed by atoms with Crippen LogP contribution in [0.4, 0.5) is 5.69 Å². The fraction of sp³-hybridized carbons (Fsp3) is 0.312. The Morgan fingerprint density at radius 2 is 1.86 bits per heavy atom. The molecule has 1 heterocycles. The van der Waals surface area contributed by atoms with Crippen molar-refractivity contribution in [3.05, 3.63) is 41.2 Å². The molecule has 0 fully saturated rings. The van der Waals surface area contributed by atoms with Gasteiger partial charge in [-0.1, -0.05) is 0 Å². The van der Waals surface area contributed by atoms with Crippen molar-refractivity contribution in [3.63, 3.8) is 0 Å². The Bertz CT molecular complexity index is 702. The van der Waals surface area contributed by atoms with Crippen molar-refractivity contribution in [3.8, 4) is 5.75 Å². The van der Waals surface area contributed by atoms with Crippen molar-refractivity contribution >= 4 is 17.4 Å². The van der Waals surface area contributed by atoms with Gasteiger partial charge in [-0.2, -0.15) is 5.10 Å². The monoisotopic (exact) mass is 301 g/mol. The maximum Gasteiger partial charge on any atom is 0.296 e. The minimum atomic E-state index is -0.677. The van der Waals surface area contributed by atoms with E-state index in [1.165, 1.54) is 0 Å². The van der Waals surface area contributed by atoms with Crippen molar-refractivity contribution in [2.45, 2.75) is 20.8 Å². The predicted octanol–water partition coefficient (Wildman–Crippen LogP) is 2.26. The molecule has 0 saturated carbocycles. The van der Waals surface area contributed by atoms with E-state index in [1.54, 1.807) is 49.8 Å². The Hall–Kier alpha value is -2.63. The zero-order valence-electron chi connectivity index (χ0n) is 13.1. The van der Waals surface area contributed by atoms with Crippen LogP contribution >= 0.6 is 0 Å². The van der Waals surface area contributed by atoms with Crippen LogP contribution in [0, 0.1) is 13.8 Å². The third-order valence-electron chi connectivity index (χ3n) is 3.37. The fourth-order valence-electron chi connectivity index (χ4n) is 2.20. The number of hydrogen-bond donors (Lipinski definition) is 1. The van der Waals surface area contributed by atoms with Crippen molar-refractivity contribution < 1.29 is 14.3 Å². The van der Waals surface area contributed by atoms with Crippen molar-refractivity contribution in [1.82, 2.24) is 9.78 Å². The maximum atomic E-state index is 12.3. The normalized spacial score (nSPS) is 10.4. The molecule has 1 aromatic carbocycles. The minimum Gasteiger partial charge on any atom is -0.494 e. The van der Waals surface area contributed by atoms with Gasteiger partial charge in [0.15, 0.2) is 0 Å². The summed E-state index contributed by atoms with van der Waals surface area (Å²) in [6.07, 6.45) is 0. The van der Waals surface area contributed by atoms with Crippen LogP contribution in [-0.4, -0.2) is 28.1 Å². The number of Topliss-reactive ketones (excluding diaryl/α,β-unsaturated/α-hetero) is 1. The lowest BCUT2D eigenvalue weighted by molar-refractivity contribution is -0.112. The molecular weight excluding hydrogens is 282 g/mol. The molecule has 2 aromatic rings. The first-order valence-electron chi connectivity index (χ1n) is 7.02. The highest BCUT2D eigenvalue weighted by atomic mass is 16.5. The number of nitrogens with one attached hydrogen (secondary N) is 1. The number of ether oxygens (including phenoxy) is 1. The van der Waals surface area contributed by atoms with E-state index in [9.17, 15) is 9.59 Å². The molecule has 1 aromatic heterocycles. The molecule has 0 atom stereocenters. The molecule has 0 aliphatic heterocycles. The zero-order chi connectivity index (χ0) is 16.3. The zero-order valence-corrected chi connectivity index (χ0v) is 13.1. The molecule has 0 saturated heterocycles. The fourth-order valence-corrected chi connectivity index (χ4v) is 2.20. The lowest BCUT2D eigenvalue weighted by atomic mass is 10.1. The first-order valence-corrected chi connectivity index (χ1v) is 7.02. The third kappa shape index (κ3) is 3.16. The molecule has 6 heteroatoms. The van der Waals surface area contributed by atoms with Gasteiger partial charge in [-0.25, -0.2) is 0 Å². The van der Waals surface area contributed by atoms with Gasteiger partial charge in [-0.3, -0.25) is 14.3 Å². The molecule has 6 nitrogen and oxygen atoms in total. The van der Waals surface area contributed by atoms with E-state index in [2.05, 4.69) is 10.4 Å². The lowest BCUT2D eigenvalue weighted by Gasteiger charge is -2.07. The number of benzene rings is 1. The summed E-state index contributed by atoms with van der Waals surface area (Å²) in [5.41, 5.74) is 2.11. The molecule has 0 radical (unpaired) electrons. The minimum absolute atomic E-state index is 0.353. The molecule has 22 heavy (non-hydrogen) atoms. The molecule has 0 aliphatic carbocycles. The topological polar surface area (TPSA) is 73.2 Å². The predicted molar refractivity (Wildman–Crippen MR) is 83.3 cm³/mol. The molecule has 2 rings (SSSR count). The number of amides is 1. The summed E-state index contributed by atoms with van der Waals surface area (Å²) in [7, 11) is 1.74. The Kier molecular flexibility index (Phi) is 4.60. The standard InChI is InChI=1S/C16H19N3O3/c1-5-22-13-8-6-12(7-9-13)17-16(21)15(20)14-10(2)18-19(4)11(14)3/h6-9H,5H2,1-4H3,(H,17,21). The number of aromatic nitrogens is 2. The lowest BCUT2D eigenvalue weighted by Crippen LogP contribution is -2.24. The van der Waals surface area contributed by atoms with Gasteiger partial charge in [-0.05, 0) is 45.0 Å². The average molecular weight is 301 g/mol. The quantitative estimate of drug-likeness (QED) is 0.679. The molecule has 0 unspecified atom stereocenters. The van der Waals surface area contributed by atoms with Crippen molar-refractivity contribution in [2.75, 3.05) is 11.9 Å². The van der Waals surface area contributed by atoms with Gasteiger partial charge in [0.05, 0.1) is 17.9 Å². The highest BCUT2D eigenvalue weighted by Gasteiger charge is 2.23. The van der Waals surface area contributed by atoms with Crippen LogP contribution in [0.15, 0.2) is 24.3 Å². The van der Waals surface area contributed by atoms with Crippen LogP contribution in [0.3, 0.4) is 0 Å². The highest BCUT2D eigenvalue weighted by molar-refractivity contribution is 6.47. The van der Waals surface area contributed by atoms with Gasteiger partial charge in [0, 0.05) is 18.4 Å². The van der Waals surface area contributed by atoms with E-state index in [0.29, 0.717) is 35.0 Å². The number of anilines is 1. The molecule has 1 amide bonds. The summed E-state index contributed by atoms with van der Waals surface area (Å²) in [5, 5.41) is 6.74. The van der Waals surface area contributed by atoms with Gasteiger partial charge in [0.2, 0.25) is 0 Å². The SMILES string of the molecule is CCOc1ccc(NC(=O)C(=O)c2c(C)nn(C)c2C)cc1. The molecule has 0 bridgehead atoms. The number of hydrogen-bond acceptors (Lipinski definition) is 4. The molecule has 0 aliphatic rings. The second-order valence-corrected chi connectivity index (χ2v) is 4.91. The Balaban J connectivity index is 2.13. The highest BCUT2D eigenvalue weighted by Crippen LogP contribution is 2.17. The summed E-state index contributed by atoms with van der Waals surface area (Å²) in [6, 6.07) is 6.87. The van der Waals surface area contributed by atoms with Crippen LogP contribution < -0.4 is 10.1 Å². The Morgan fingerprint density at radius 3 is 2.36 bits per heavy atom. The summed E-state index contributed by atoms with van der Waals surface area (Å²) in [6.45, 7) is 5.94. The van der Waals surface area contributed by atoms with E-state index in [1.807, 2.05) is 6.92 Å². The van der Waals surface area contributed by atoms with E-state index < -0.39 is 11.7 Å². The maximum absolute atomic E-state index is 12.3. The Labute approximate surface area is 129 Å². The van der Waals surface area contributed by atoms with Gasteiger partial charge in [-0.15, -0.1) is 0 Å². The molecule has 0 spiro atoms. The molecule has 1 N–H and O–H groups in total. The smallest absolute Gasteiger partial charge is 0.296 e. The van der Waals surface area contributed by atoms with Gasteiger partial charge in [0.1, 0.15) is 5.75 Å². The average Bonchev–Trinajstić information content (AvgIpc) is 2.74. The second-order valence-electron chi connectivity index (χ2n) is 4.91. The van der Waals surface area contributed by atoms with Crippen molar-refractivity contribution in [1.29, 1.82) is 0 Å². The number of ketones is 1. The molecule has 116 valence electrons. The first-order chi connectivity index (χ1) is 10.4. The van der Waals surface area contributed by atoms with Crippen LogP contribution in [0.2, 0.25) is 0 Å². The van der Waals surface area contributed by atoms with Crippen LogP contribution in [0.25, 0.3) is 0 Å². The largest absolute Gasteiger partial charge is 0.494 e. The number of rotatable bonds is 5. The van der Waals surface area contributed by atoms with Crippen LogP contribution in [-0.2, 0) is 11.8 Å². The van der Waals surface area contributed by atoms with E-state index in [4.69, 9.17) is 4.74 Å². The van der Waals surface area contributed by atoms with Crippen LogP contribution in [0.5, 0.6) is 5.75 Å². The van der Waals surface area contributed by atoms with Crippen molar-refractivity contribution in [2.24, 2.45) is 7.05 Å². The number of carbonyl (C=O) groups excluding carboxylic acids is 2. The third-order valence-corrected chi connectivity index (χ3v) is 3.37. The summed E-state index contributed by atoms with van der Waals surface area (Å²) in [5.74, 6) is -0.550. The summed E-state index contributed by atoms with van der Waals surface area (Å²) < 4.78 is 6.92. The van der Waals surface area contributed by atoms with E-state index >= 15 is 0 Å². The summed E-state index contributed by atoms with van der Waals surface area (Å²) in [4.78, 5) is 24.4. The van der Waals surface area contributed by atoms with Gasteiger partial charge in [0.25, 0.3) is 11.7 Å². The van der Waals surface area contributed by atoms with E-state index in [-0.39, 0.29) is 0 Å². The molecular formula is C16H19N3O3. The number of carbonyl (C=O) groups is 2. The number of aryl methyl sites for hydroxylation is 2.